The largest absolute Gasteiger partial charge is 0.507 e. The zero-order valence-electron chi connectivity index (χ0n) is 24.1. The maximum Gasteiger partial charge on any atom is 0.312 e. The fourth-order valence-electron chi connectivity index (χ4n) is 4.65. The van der Waals surface area contributed by atoms with Crippen molar-refractivity contribution in [2.45, 2.75) is 70.9 Å². The molecule has 5 N–H and O–H groups in total. The molecule has 0 aromatic heterocycles. The standard InChI is InChI=1S/C29H32F5N3O7/c1-11(2)9-18-27(41)35-13(4)24(37-26(40)14-7-5-6-8-17(14)38)28(42)36-16(25(39)12(3)29(43)44-18)10-15-19(30)21(32)23(34)22(33)20(15)31/h5-8,11-13,16,18,24-25,38-39H,9-10H2,1-4H3,(H,35,41)(H,36,42)(H,37,40). The van der Waals surface area contributed by atoms with Crippen molar-refractivity contribution in [3.8, 4) is 5.75 Å². The van der Waals surface area contributed by atoms with Crippen LogP contribution in [0, 0.1) is 40.9 Å². The van der Waals surface area contributed by atoms with Gasteiger partial charge in [-0.25, -0.2) is 22.0 Å². The Kier molecular flexibility index (Phi) is 10.9. The topological polar surface area (TPSA) is 154 Å². The van der Waals surface area contributed by atoms with Crippen LogP contribution in [0.5, 0.6) is 5.75 Å². The average Bonchev–Trinajstić information content (AvgIpc) is 2.97. The molecule has 6 unspecified atom stereocenters. The van der Waals surface area contributed by atoms with E-state index in [1.807, 2.05) is 0 Å². The van der Waals surface area contributed by atoms with Gasteiger partial charge in [-0.2, -0.15) is 0 Å². The molecule has 1 aliphatic rings. The van der Waals surface area contributed by atoms with Crippen LogP contribution in [0.1, 0.15) is 50.0 Å². The van der Waals surface area contributed by atoms with Crippen LogP contribution < -0.4 is 16.0 Å². The first kappa shape index (κ1) is 34.2. The maximum absolute atomic E-state index is 14.6. The number of amides is 3. The highest BCUT2D eigenvalue weighted by molar-refractivity contribution is 6.00. The van der Waals surface area contributed by atoms with Crippen molar-refractivity contribution in [1.29, 1.82) is 0 Å². The molecular formula is C29H32F5N3O7. The predicted octanol–water partition coefficient (Wildman–Crippen LogP) is 2.39. The summed E-state index contributed by atoms with van der Waals surface area (Å²) in [6.45, 7) is 5.86. The number of phenolic OH excluding ortho intramolecular Hbond substituents is 1. The summed E-state index contributed by atoms with van der Waals surface area (Å²) < 4.78 is 76.2. The number of hydrogen-bond donors (Lipinski definition) is 5. The summed E-state index contributed by atoms with van der Waals surface area (Å²) in [6.07, 6.45) is -4.66. The smallest absolute Gasteiger partial charge is 0.312 e. The number of aromatic hydroxyl groups is 1. The minimum absolute atomic E-state index is 0.00219. The highest BCUT2D eigenvalue weighted by Crippen LogP contribution is 2.26. The number of phenols is 1. The van der Waals surface area contributed by atoms with Crippen LogP contribution in [-0.4, -0.2) is 64.2 Å². The van der Waals surface area contributed by atoms with Crippen molar-refractivity contribution in [3.63, 3.8) is 0 Å². The number of carbonyl (C=O) groups is 4. The summed E-state index contributed by atoms with van der Waals surface area (Å²) in [5.41, 5.74) is -1.64. The van der Waals surface area contributed by atoms with Gasteiger partial charge in [-0.1, -0.05) is 26.0 Å². The predicted molar refractivity (Wildman–Crippen MR) is 143 cm³/mol. The van der Waals surface area contributed by atoms with E-state index in [4.69, 9.17) is 4.74 Å². The van der Waals surface area contributed by atoms with E-state index in [2.05, 4.69) is 16.0 Å². The summed E-state index contributed by atoms with van der Waals surface area (Å²) in [6, 6.07) is 0.440. The molecule has 240 valence electrons. The maximum atomic E-state index is 14.6. The van der Waals surface area contributed by atoms with E-state index in [9.17, 15) is 51.3 Å². The number of esters is 1. The molecule has 10 nitrogen and oxygen atoms in total. The van der Waals surface area contributed by atoms with Crippen LogP contribution in [0.2, 0.25) is 0 Å². The molecule has 0 saturated carbocycles. The monoisotopic (exact) mass is 629 g/mol. The first-order chi connectivity index (χ1) is 20.5. The van der Waals surface area contributed by atoms with Gasteiger partial charge in [0, 0.05) is 12.0 Å². The van der Waals surface area contributed by atoms with Gasteiger partial charge in [0.05, 0.1) is 29.7 Å². The van der Waals surface area contributed by atoms with E-state index in [1.54, 1.807) is 13.8 Å². The third-order valence-corrected chi connectivity index (χ3v) is 7.17. The molecule has 3 amide bonds. The van der Waals surface area contributed by atoms with Gasteiger partial charge in [-0.15, -0.1) is 0 Å². The third kappa shape index (κ3) is 7.44. The van der Waals surface area contributed by atoms with Crippen molar-refractivity contribution in [2.24, 2.45) is 11.8 Å². The van der Waals surface area contributed by atoms with E-state index < -0.39 is 107 Å². The molecule has 0 bridgehead atoms. The number of benzene rings is 2. The number of para-hydroxylation sites is 1. The molecule has 1 fully saturated rings. The molecule has 1 heterocycles. The fourth-order valence-corrected chi connectivity index (χ4v) is 4.65. The second kappa shape index (κ2) is 14.0. The lowest BCUT2D eigenvalue weighted by atomic mass is 9.91. The lowest BCUT2D eigenvalue weighted by Gasteiger charge is -2.34. The molecule has 2 aromatic rings. The van der Waals surface area contributed by atoms with Crippen molar-refractivity contribution >= 4 is 23.7 Å². The molecule has 1 aliphatic heterocycles. The van der Waals surface area contributed by atoms with Crippen LogP contribution in [0.15, 0.2) is 24.3 Å². The summed E-state index contributed by atoms with van der Waals surface area (Å²) in [4.78, 5) is 52.7. The van der Waals surface area contributed by atoms with Gasteiger partial charge in [0.1, 0.15) is 11.8 Å². The third-order valence-electron chi connectivity index (χ3n) is 7.17. The number of ether oxygens (including phenoxy) is 1. The van der Waals surface area contributed by atoms with E-state index in [0.29, 0.717) is 0 Å². The molecule has 0 aliphatic carbocycles. The number of aliphatic hydroxyl groups excluding tert-OH is 1. The highest BCUT2D eigenvalue weighted by atomic mass is 19.2. The number of carbonyl (C=O) groups excluding carboxylic acids is 4. The van der Waals surface area contributed by atoms with Crippen molar-refractivity contribution in [1.82, 2.24) is 16.0 Å². The minimum atomic E-state index is -2.42. The van der Waals surface area contributed by atoms with Gasteiger partial charge in [-0.3, -0.25) is 19.2 Å². The fraction of sp³-hybridized carbons (Fsp3) is 0.448. The van der Waals surface area contributed by atoms with Gasteiger partial charge < -0.3 is 30.9 Å². The zero-order chi connectivity index (χ0) is 33.0. The lowest BCUT2D eigenvalue weighted by molar-refractivity contribution is -0.165. The van der Waals surface area contributed by atoms with E-state index in [1.165, 1.54) is 31.2 Å². The Balaban J connectivity index is 2.10. The molecule has 2 aromatic carbocycles. The number of rotatable bonds is 6. The Hall–Kier alpha value is -4.27. The van der Waals surface area contributed by atoms with Crippen molar-refractivity contribution in [2.75, 3.05) is 0 Å². The lowest BCUT2D eigenvalue weighted by Crippen LogP contribution is -2.62. The van der Waals surface area contributed by atoms with Gasteiger partial charge in [0.15, 0.2) is 29.4 Å². The molecular weight excluding hydrogens is 597 g/mol. The molecule has 0 radical (unpaired) electrons. The molecule has 0 spiro atoms. The Labute approximate surface area is 249 Å². The van der Waals surface area contributed by atoms with Crippen molar-refractivity contribution < 1.29 is 56.1 Å². The second-order valence-corrected chi connectivity index (χ2v) is 11.0. The first-order valence-electron chi connectivity index (χ1n) is 13.6. The summed E-state index contributed by atoms with van der Waals surface area (Å²) >= 11 is 0. The Morgan fingerprint density at radius 1 is 0.932 bits per heavy atom. The number of halogens is 5. The van der Waals surface area contributed by atoms with Crippen LogP contribution in [0.4, 0.5) is 22.0 Å². The SMILES string of the molecule is CC(C)CC1OC(=O)C(C)C(O)C(Cc2c(F)c(F)c(F)c(F)c2F)NC(=O)C(NC(=O)c2ccccc2O)C(C)NC1=O. The van der Waals surface area contributed by atoms with Crippen LogP contribution >= 0.6 is 0 Å². The zero-order valence-corrected chi connectivity index (χ0v) is 24.1. The van der Waals surface area contributed by atoms with E-state index in [-0.39, 0.29) is 17.9 Å². The van der Waals surface area contributed by atoms with Crippen LogP contribution in [-0.2, 0) is 25.5 Å². The average molecular weight is 630 g/mol. The molecule has 3 rings (SSSR count). The Bertz CT molecular complexity index is 1410. The Morgan fingerprint density at radius 3 is 2.07 bits per heavy atom. The van der Waals surface area contributed by atoms with Gasteiger partial charge >= 0.3 is 5.97 Å². The first-order valence-corrected chi connectivity index (χ1v) is 13.6. The number of nitrogens with one attached hydrogen (secondary N) is 3. The van der Waals surface area contributed by atoms with Gasteiger partial charge in [0.25, 0.3) is 11.8 Å². The van der Waals surface area contributed by atoms with E-state index in [0.717, 1.165) is 6.92 Å². The van der Waals surface area contributed by atoms with Crippen molar-refractivity contribution in [3.05, 3.63) is 64.5 Å². The molecule has 6 atom stereocenters. The normalized spacial score (nSPS) is 24.9. The summed E-state index contributed by atoms with van der Waals surface area (Å²) in [5.74, 6) is -17.7. The van der Waals surface area contributed by atoms with Gasteiger partial charge in [0.2, 0.25) is 11.7 Å². The second-order valence-electron chi connectivity index (χ2n) is 11.0. The molecule has 1 saturated heterocycles. The van der Waals surface area contributed by atoms with Crippen LogP contribution in [0.25, 0.3) is 0 Å². The quantitative estimate of drug-likeness (QED) is 0.142. The van der Waals surface area contributed by atoms with E-state index >= 15 is 0 Å². The molecule has 44 heavy (non-hydrogen) atoms. The number of cyclic esters (lactones) is 1. The number of aliphatic hydroxyl groups is 1. The number of hydrogen-bond acceptors (Lipinski definition) is 7. The van der Waals surface area contributed by atoms with Crippen LogP contribution in [0.3, 0.4) is 0 Å². The Morgan fingerprint density at radius 2 is 1.50 bits per heavy atom. The summed E-state index contributed by atoms with van der Waals surface area (Å²) in [7, 11) is 0. The molecule has 15 heteroatoms. The van der Waals surface area contributed by atoms with Gasteiger partial charge in [-0.05, 0) is 38.3 Å². The summed E-state index contributed by atoms with van der Waals surface area (Å²) in [5, 5.41) is 28.2. The highest BCUT2D eigenvalue weighted by Gasteiger charge is 2.40. The minimum Gasteiger partial charge on any atom is -0.507 e.